The number of halogens is 1. The highest BCUT2D eigenvalue weighted by atomic mass is 127. The van der Waals surface area contributed by atoms with E-state index in [4.69, 9.17) is 0 Å². The molecule has 0 bridgehead atoms. The van der Waals surface area contributed by atoms with Crippen LogP contribution in [0.15, 0.2) is 30.6 Å². The van der Waals surface area contributed by atoms with Crippen LogP contribution in [0.1, 0.15) is 38.6 Å². The van der Waals surface area contributed by atoms with E-state index in [-0.39, 0.29) is 0 Å². The molecule has 2 aromatic rings. The largest absolute Gasteiger partial charge is 0.249 e. The Bertz CT molecular complexity index is 556. The van der Waals surface area contributed by atoms with E-state index in [0.717, 1.165) is 17.3 Å². The minimum Gasteiger partial charge on any atom is -0.249 e. The van der Waals surface area contributed by atoms with Crippen LogP contribution >= 0.6 is 22.6 Å². The first kappa shape index (κ1) is 13.1. The second kappa shape index (κ2) is 5.61. The Morgan fingerprint density at radius 1 is 1.21 bits per heavy atom. The van der Waals surface area contributed by atoms with Gasteiger partial charge < -0.3 is 0 Å². The van der Waals surface area contributed by atoms with Crippen molar-refractivity contribution in [1.82, 2.24) is 14.8 Å². The number of aromatic nitrogens is 3. The molecule has 3 rings (SSSR count). The van der Waals surface area contributed by atoms with E-state index in [0.29, 0.717) is 6.04 Å². The Hall–Kier alpha value is -0.910. The van der Waals surface area contributed by atoms with Gasteiger partial charge in [0.15, 0.2) is 5.82 Å². The third kappa shape index (κ3) is 2.99. The predicted molar refractivity (Wildman–Crippen MR) is 84.8 cm³/mol. The molecule has 1 heterocycles. The maximum Gasteiger partial charge on any atom is 0.181 e. The van der Waals surface area contributed by atoms with Crippen LogP contribution in [-0.4, -0.2) is 14.8 Å². The summed E-state index contributed by atoms with van der Waals surface area (Å²) in [5, 5.41) is 4.67. The molecule has 0 unspecified atom stereocenters. The number of nitrogens with zero attached hydrogens (tertiary/aromatic N) is 3. The molecule has 3 nitrogen and oxygen atoms in total. The number of hydrogen-bond acceptors (Lipinski definition) is 2. The van der Waals surface area contributed by atoms with E-state index in [9.17, 15) is 0 Å². The molecule has 1 aliphatic rings. The summed E-state index contributed by atoms with van der Waals surface area (Å²) in [7, 11) is 0. The van der Waals surface area contributed by atoms with E-state index in [1.54, 1.807) is 0 Å². The summed E-state index contributed by atoms with van der Waals surface area (Å²) in [6.45, 7) is 2.34. The maximum absolute atomic E-state index is 4.67. The minimum atomic E-state index is 0.542. The van der Waals surface area contributed by atoms with Crippen molar-refractivity contribution in [3.63, 3.8) is 0 Å². The summed E-state index contributed by atoms with van der Waals surface area (Å²) in [6.07, 6.45) is 6.98. The lowest BCUT2D eigenvalue weighted by atomic mass is 9.87. The van der Waals surface area contributed by atoms with Gasteiger partial charge in [0.05, 0.1) is 6.04 Å². The fourth-order valence-electron chi connectivity index (χ4n) is 2.72. The lowest BCUT2D eigenvalue weighted by Gasteiger charge is -2.25. The second-order valence-corrected chi connectivity index (χ2v) is 6.72. The van der Waals surface area contributed by atoms with Gasteiger partial charge in [-0.3, -0.25) is 0 Å². The third-order valence-corrected chi connectivity index (χ3v) is 4.62. The average molecular weight is 367 g/mol. The first-order chi connectivity index (χ1) is 9.22. The molecule has 0 radical (unpaired) electrons. The molecule has 0 aliphatic heterocycles. The van der Waals surface area contributed by atoms with E-state index < -0.39 is 0 Å². The van der Waals surface area contributed by atoms with E-state index >= 15 is 0 Å². The van der Waals surface area contributed by atoms with Gasteiger partial charge >= 0.3 is 0 Å². The Balaban J connectivity index is 1.80. The average Bonchev–Trinajstić information content (AvgIpc) is 2.89. The summed E-state index contributed by atoms with van der Waals surface area (Å²) in [5.74, 6) is 1.71. The van der Waals surface area contributed by atoms with Crippen molar-refractivity contribution in [2.24, 2.45) is 5.92 Å². The van der Waals surface area contributed by atoms with Gasteiger partial charge in [0.2, 0.25) is 0 Å². The molecule has 0 spiro atoms. The molecule has 1 aromatic carbocycles. The zero-order valence-electron chi connectivity index (χ0n) is 11.1. The van der Waals surface area contributed by atoms with Gasteiger partial charge in [-0.05, 0) is 66.3 Å². The Morgan fingerprint density at radius 2 is 2.00 bits per heavy atom. The maximum atomic E-state index is 4.67. The summed E-state index contributed by atoms with van der Waals surface area (Å²) in [6, 6.07) is 8.89. The standard InChI is InChI=1S/C15H18IN3/c1-11-5-7-14(8-6-11)19-10-17-15(18-19)12-3-2-4-13(16)9-12/h2-4,9-11,14H,5-8H2,1H3. The van der Waals surface area contributed by atoms with Gasteiger partial charge in [-0.15, -0.1) is 0 Å². The highest BCUT2D eigenvalue weighted by Gasteiger charge is 2.20. The fourth-order valence-corrected chi connectivity index (χ4v) is 3.26. The normalized spacial score (nSPS) is 23.5. The Labute approximate surface area is 127 Å². The van der Waals surface area contributed by atoms with Crippen LogP contribution in [0.25, 0.3) is 11.4 Å². The molecule has 4 heteroatoms. The van der Waals surface area contributed by atoms with Crippen molar-refractivity contribution in [1.29, 1.82) is 0 Å². The Morgan fingerprint density at radius 3 is 2.74 bits per heavy atom. The monoisotopic (exact) mass is 367 g/mol. The molecule has 0 amide bonds. The van der Waals surface area contributed by atoms with Crippen molar-refractivity contribution < 1.29 is 0 Å². The van der Waals surface area contributed by atoms with E-state index in [2.05, 4.69) is 68.5 Å². The highest BCUT2D eigenvalue weighted by Crippen LogP contribution is 2.31. The number of benzene rings is 1. The summed E-state index contributed by atoms with van der Waals surface area (Å²) in [4.78, 5) is 4.47. The molecule has 100 valence electrons. The topological polar surface area (TPSA) is 30.7 Å². The van der Waals surface area contributed by atoms with Gasteiger partial charge in [-0.2, -0.15) is 5.10 Å². The quantitative estimate of drug-likeness (QED) is 0.741. The summed E-state index contributed by atoms with van der Waals surface area (Å²) < 4.78 is 3.29. The van der Waals surface area contributed by atoms with Crippen LogP contribution in [0.2, 0.25) is 0 Å². The van der Waals surface area contributed by atoms with Crippen LogP contribution in [-0.2, 0) is 0 Å². The Kier molecular flexibility index (Phi) is 3.86. The van der Waals surface area contributed by atoms with Gasteiger partial charge in [-0.1, -0.05) is 19.1 Å². The van der Waals surface area contributed by atoms with Crippen LogP contribution in [0.5, 0.6) is 0 Å². The zero-order valence-corrected chi connectivity index (χ0v) is 13.2. The molecular formula is C15H18IN3. The van der Waals surface area contributed by atoms with Crippen molar-refractivity contribution in [3.8, 4) is 11.4 Å². The molecular weight excluding hydrogens is 349 g/mol. The molecule has 0 N–H and O–H groups in total. The van der Waals surface area contributed by atoms with Crippen LogP contribution < -0.4 is 0 Å². The van der Waals surface area contributed by atoms with Crippen molar-refractivity contribution in [2.75, 3.05) is 0 Å². The first-order valence-corrected chi connectivity index (χ1v) is 7.97. The van der Waals surface area contributed by atoms with Gasteiger partial charge in [0.1, 0.15) is 6.33 Å². The summed E-state index contributed by atoms with van der Waals surface area (Å²) >= 11 is 2.32. The third-order valence-electron chi connectivity index (χ3n) is 3.95. The predicted octanol–water partition coefficient (Wildman–Crippen LogP) is 4.30. The second-order valence-electron chi connectivity index (χ2n) is 5.47. The highest BCUT2D eigenvalue weighted by molar-refractivity contribution is 14.1. The first-order valence-electron chi connectivity index (χ1n) is 6.89. The molecule has 1 aromatic heterocycles. The van der Waals surface area contributed by atoms with Gasteiger partial charge in [0, 0.05) is 9.13 Å². The zero-order chi connectivity index (χ0) is 13.2. The molecule has 1 saturated carbocycles. The molecule has 1 fully saturated rings. The molecule has 1 aliphatic carbocycles. The summed E-state index contributed by atoms with van der Waals surface area (Å²) in [5.41, 5.74) is 1.11. The van der Waals surface area contributed by atoms with Gasteiger partial charge in [-0.25, -0.2) is 9.67 Å². The van der Waals surface area contributed by atoms with Crippen LogP contribution in [0.4, 0.5) is 0 Å². The van der Waals surface area contributed by atoms with Gasteiger partial charge in [0.25, 0.3) is 0 Å². The smallest absolute Gasteiger partial charge is 0.181 e. The number of rotatable bonds is 2. The van der Waals surface area contributed by atoms with Crippen LogP contribution in [0.3, 0.4) is 0 Å². The van der Waals surface area contributed by atoms with Crippen molar-refractivity contribution in [3.05, 3.63) is 34.2 Å². The fraction of sp³-hybridized carbons (Fsp3) is 0.467. The SMILES string of the molecule is CC1CCC(n2cnc(-c3cccc(I)c3)n2)CC1. The minimum absolute atomic E-state index is 0.542. The van der Waals surface area contributed by atoms with E-state index in [1.165, 1.54) is 29.3 Å². The number of hydrogen-bond donors (Lipinski definition) is 0. The van der Waals surface area contributed by atoms with Crippen molar-refractivity contribution in [2.45, 2.75) is 38.6 Å². The molecule has 0 atom stereocenters. The lowest BCUT2D eigenvalue weighted by Crippen LogP contribution is -2.17. The van der Waals surface area contributed by atoms with E-state index in [1.807, 2.05) is 6.33 Å². The molecule has 0 saturated heterocycles. The molecule has 19 heavy (non-hydrogen) atoms. The lowest BCUT2D eigenvalue weighted by molar-refractivity contribution is 0.274. The van der Waals surface area contributed by atoms with Crippen molar-refractivity contribution >= 4 is 22.6 Å². The van der Waals surface area contributed by atoms with Crippen LogP contribution in [0, 0.1) is 9.49 Å².